The van der Waals surface area contributed by atoms with Crippen LogP contribution in [0.3, 0.4) is 0 Å². The van der Waals surface area contributed by atoms with Crippen LogP contribution in [-0.4, -0.2) is 20.0 Å². The Morgan fingerprint density at radius 2 is 1.26 bits per heavy atom. The quantitative estimate of drug-likeness (QED) is 0.177. The summed E-state index contributed by atoms with van der Waals surface area (Å²) in [5.41, 5.74) is 0.386. The van der Waals surface area contributed by atoms with E-state index in [1.54, 1.807) is 26.4 Å². The average molecular weight is 445 g/mol. The second-order valence-electron chi connectivity index (χ2n) is 8.62. The van der Waals surface area contributed by atoms with Crippen molar-refractivity contribution in [3.8, 4) is 0 Å². The zero-order valence-corrected chi connectivity index (χ0v) is 20.0. The zero-order valence-electron chi connectivity index (χ0n) is 20.0. The maximum atomic E-state index is 12.7. The van der Waals surface area contributed by atoms with E-state index in [1.165, 1.54) is 50.7 Å². The van der Waals surface area contributed by atoms with Crippen molar-refractivity contribution in [3.63, 3.8) is 0 Å². The molecule has 0 N–H and O–H groups in total. The van der Waals surface area contributed by atoms with Gasteiger partial charge in [-0.05, 0) is 49.8 Å². The number of alkyl halides is 3. The first-order valence-electron chi connectivity index (χ1n) is 12.1. The molecule has 2 nitrogen and oxygen atoms in total. The molecule has 0 aromatic heterocycles. The molecule has 1 rings (SSSR count). The number of aryl methyl sites for hydroxylation is 1. The van der Waals surface area contributed by atoms with Crippen molar-refractivity contribution in [3.05, 3.63) is 35.4 Å². The molecule has 0 fully saturated rings. The number of benzene rings is 1. The van der Waals surface area contributed by atoms with Crippen LogP contribution in [0.5, 0.6) is 0 Å². The van der Waals surface area contributed by atoms with E-state index >= 15 is 0 Å². The molecule has 0 radical (unpaired) electrons. The van der Waals surface area contributed by atoms with Crippen molar-refractivity contribution in [2.45, 2.75) is 109 Å². The van der Waals surface area contributed by atoms with Crippen molar-refractivity contribution in [2.75, 3.05) is 14.2 Å². The summed E-state index contributed by atoms with van der Waals surface area (Å²) in [6.45, 7) is 4.35. The van der Waals surface area contributed by atoms with Crippen molar-refractivity contribution in [1.29, 1.82) is 0 Å². The summed E-state index contributed by atoms with van der Waals surface area (Å²) >= 11 is 0. The molecule has 1 aromatic carbocycles. The molecular weight excluding hydrogens is 401 g/mol. The largest absolute Gasteiger partial charge is 0.416 e. The number of ether oxygens (including phenoxy) is 2. The van der Waals surface area contributed by atoms with E-state index in [-0.39, 0.29) is 0 Å². The van der Waals surface area contributed by atoms with E-state index < -0.39 is 17.5 Å². The molecule has 0 aliphatic heterocycles. The Morgan fingerprint density at radius 3 is 1.74 bits per heavy atom. The van der Waals surface area contributed by atoms with Gasteiger partial charge in [0.1, 0.15) is 0 Å². The lowest BCUT2D eigenvalue weighted by atomic mass is 9.85. The third-order valence-corrected chi connectivity index (χ3v) is 6.51. The van der Waals surface area contributed by atoms with Crippen LogP contribution < -0.4 is 0 Å². The van der Waals surface area contributed by atoms with Gasteiger partial charge in [0, 0.05) is 20.1 Å². The number of hydrogen-bond donors (Lipinski definition) is 0. The molecule has 5 heteroatoms. The van der Waals surface area contributed by atoms with E-state index in [1.807, 2.05) is 0 Å². The molecule has 0 spiro atoms. The maximum Gasteiger partial charge on any atom is 0.416 e. The molecule has 0 aliphatic carbocycles. The molecule has 0 bridgehead atoms. The van der Waals surface area contributed by atoms with E-state index in [0.29, 0.717) is 5.92 Å². The van der Waals surface area contributed by atoms with Gasteiger partial charge in [-0.3, -0.25) is 0 Å². The topological polar surface area (TPSA) is 18.5 Å². The summed E-state index contributed by atoms with van der Waals surface area (Å²) in [6.07, 6.45) is 10.3. The molecule has 0 amide bonds. The number of unbranched alkanes of at least 4 members (excludes halogenated alkanes) is 7. The third kappa shape index (κ3) is 9.95. The predicted molar refractivity (Wildman–Crippen MR) is 122 cm³/mol. The molecule has 1 aromatic rings. The van der Waals surface area contributed by atoms with Crippen molar-refractivity contribution in [2.24, 2.45) is 5.92 Å². The predicted octanol–water partition coefficient (Wildman–Crippen LogP) is 8.57. The molecule has 0 saturated carbocycles. The SMILES string of the molecule is CCCCCCCCC(CCCCCc1ccc(C(F)(F)F)cc1)C(CC)(OC)OC. The first kappa shape index (κ1) is 28.0. The molecule has 0 aliphatic rings. The van der Waals surface area contributed by atoms with Gasteiger partial charge in [-0.15, -0.1) is 0 Å². The number of methoxy groups -OCH3 is 2. The molecule has 31 heavy (non-hydrogen) atoms. The van der Waals surface area contributed by atoms with Crippen LogP contribution in [0.2, 0.25) is 0 Å². The standard InChI is InChI=1S/C26H43F3O2/c1-5-7-8-9-10-13-16-23(25(6-2,30-3)31-4)17-14-11-12-15-22-18-20-24(21-19-22)26(27,28)29/h18-21,23H,5-17H2,1-4H3. The average Bonchev–Trinajstić information content (AvgIpc) is 2.76. The van der Waals surface area contributed by atoms with Gasteiger partial charge >= 0.3 is 6.18 Å². The smallest absolute Gasteiger partial charge is 0.353 e. The Balaban J connectivity index is 2.46. The van der Waals surface area contributed by atoms with Crippen LogP contribution in [0.25, 0.3) is 0 Å². The number of rotatable bonds is 17. The Labute approximate surface area is 187 Å². The second-order valence-corrected chi connectivity index (χ2v) is 8.62. The van der Waals surface area contributed by atoms with Crippen LogP contribution in [0.4, 0.5) is 13.2 Å². The minimum Gasteiger partial charge on any atom is -0.353 e. The summed E-state index contributed by atoms with van der Waals surface area (Å²) in [4.78, 5) is 0. The molecule has 1 unspecified atom stereocenters. The minimum atomic E-state index is -4.27. The Hall–Kier alpha value is -1.07. The first-order chi connectivity index (χ1) is 14.8. The second kappa shape index (κ2) is 14.9. The lowest BCUT2D eigenvalue weighted by Crippen LogP contribution is -2.41. The van der Waals surface area contributed by atoms with Crippen molar-refractivity contribution >= 4 is 0 Å². The summed E-state index contributed by atoms with van der Waals surface area (Å²) < 4.78 is 49.7. The third-order valence-electron chi connectivity index (χ3n) is 6.51. The Bertz CT molecular complexity index is 557. The lowest BCUT2D eigenvalue weighted by molar-refractivity contribution is -0.244. The highest BCUT2D eigenvalue weighted by Gasteiger charge is 2.36. The molecule has 180 valence electrons. The van der Waals surface area contributed by atoms with E-state index in [2.05, 4.69) is 13.8 Å². The van der Waals surface area contributed by atoms with Gasteiger partial charge in [-0.2, -0.15) is 13.2 Å². The monoisotopic (exact) mass is 444 g/mol. The number of hydrogen-bond acceptors (Lipinski definition) is 2. The maximum absolute atomic E-state index is 12.7. The summed E-state index contributed by atoms with van der Waals surface area (Å²) in [5.74, 6) is -0.152. The summed E-state index contributed by atoms with van der Waals surface area (Å²) in [6, 6.07) is 5.56. The fourth-order valence-electron chi connectivity index (χ4n) is 4.51. The minimum absolute atomic E-state index is 0.366. The molecule has 1 atom stereocenters. The molecular formula is C26H43F3O2. The Kier molecular flexibility index (Phi) is 13.4. The zero-order chi connectivity index (χ0) is 23.2. The number of halogens is 3. The van der Waals surface area contributed by atoms with E-state index in [4.69, 9.17) is 9.47 Å². The van der Waals surface area contributed by atoms with Crippen LogP contribution in [-0.2, 0) is 22.1 Å². The van der Waals surface area contributed by atoms with Gasteiger partial charge in [-0.25, -0.2) is 0 Å². The fraction of sp³-hybridized carbons (Fsp3) is 0.769. The molecule has 0 saturated heterocycles. The van der Waals surface area contributed by atoms with Crippen LogP contribution >= 0.6 is 0 Å². The highest BCUT2D eigenvalue weighted by Crippen LogP contribution is 2.35. The van der Waals surface area contributed by atoms with E-state index in [0.717, 1.165) is 50.5 Å². The van der Waals surface area contributed by atoms with Crippen LogP contribution in [0.1, 0.15) is 102 Å². The van der Waals surface area contributed by atoms with Gasteiger partial charge in [0.15, 0.2) is 5.79 Å². The van der Waals surface area contributed by atoms with Gasteiger partial charge in [0.25, 0.3) is 0 Å². The van der Waals surface area contributed by atoms with Crippen molar-refractivity contribution < 1.29 is 22.6 Å². The van der Waals surface area contributed by atoms with E-state index in [9.17, 15) is 13.2 Å². The van der Waals surface area contributed by atoms with Gasteiger partial charge in [0.05, 0.1) is 5.56 Å². The van der Waals surface area contributed by atoms with Gasteiger partial charge < -0.3 is 9.47 Å². The normalized spacial score (nSPS) is 13.5. The Morgan fingerprint density at radius 1 is 0.742 bits per heavy atom. The fourth-order valence-corrected chi connectivity index (χ4v) is 4.51. The first-order valence-corrected chi connectivity index (χ1v) is 12.1. The summed E-state index contributed by atoms with van der Waals surface area (Å²) in [5, 5.41) is 0. The lowest BCUT2D eigenvalue weighted by Gasteiger charge is -2.38. The van der Waals surface area contributed by atoms with Gasteiger partial charge in [0.2, 0.25) is 0 Å². The van der Waals surface area contributed by atoms with Gasteiger partial charge in [-0.1, -0.05) is 77.3 Å². The molecule has 0 heterocycles. The highest BCUT2D eigenvalue weighted by atomic mass is 19.4. The van der Waals surface area contributed by atoms with Crippen LogP contribution in [0.15, 0.2) is 24.3 Å². The van der Waals surface area contributed by atoms with Crippen molar-refractivity contribution in [1.82, 2.24) is 0 Å². The highest BCUT2D eigenvalue weighted by molar-refractivity contribution is 5.24. The summed E-state index contributed by atoms with van der Waals surface area (Å²) in [7, 11) is 3.48. The van der Waals surface area contributed by atoms with Crippen LogP contribution in [0, 0.1) is 5.92 Å².